The maximum absolute atomic E-state index is 6.00. The number of ether oxygens (including phenoxy) is 2. The lowest BCUT2D eigenvalue weighted by atomic mass is 10.2. The topological polar surface area (TPSA) is 49.3 Å². The van der Waals surface area contributed by atoms with E-state index in [1.807, 2.05) is 12.1 Å². The van der Waals surface area contributed by atoms with Crippen molar-refractivity contribution in [2.75, 3.05) is 52.5 Å². The second kappa shape index (κ2) is 11.8. The van der Waals surface area contributed by atoms with Crippen LogP contribution in [0.4, 0.5) is 0 Å². The molecule has 2 unspecified atom stereocenters. The van der Waals surface area contributed by atoms with Crippen molar-refractivity contribution < 1.29 is 9.47 Å². The normalized spacial score (nSPS) is 21.9. The molecule has 2 fully saturated rings. The van der Waals surface area contributed by atoms with Gasteiger partial charge in [-0.15, -0.1) is 24.0 Å². The maximum atomic E-state index is 6.00. The van der Waals surface area contributed by atoms with E-state index in [0.29, 0.717) is 12.6 Å². The van der Waals surface area contributed by atoms with Crippen molar-refractivity contribution in [3.05, 3.63) is 29.8 Å². The molecule has 1 aromatic rings. The minimum absolute atomic E-state index is 0. The first kappa shape index (κ1) is 23.2. The second-order valence-corrected chi connectivity index (χ2v) is 7.47. The number of benzene rings is 1. The van der Waals surface area contributed by atoms with Crippen LogP contribution in [0.1, 0.15) is 25.8 Å². The third kappa shape index (κ3) is 6.77. The van der Waals surface area contributed by atoms with E-state index in [-0.39, 0.29) is 30.1 Å². The van der Waals surface area contributed by atoms with Crippen LogP contribution in [0.25, 0.3) is 0 Å². The van der Waals surface area contributed by atoms with Crippen LogP contribution < -0.4 is 10.1 Å². The molecule has 1 aromatic carbocycles. The van der Waals surface area contributed by atoms with Crippen molar-refractivity contribution in [2.45, 2.75) is 39.3 Å². The van der Waals surface area contributed by atoms with Crippen LogP contribution in [0.3, 0.4) is 0 Å². The summed E-state index contributed by atoms with van der Waals surface area (Å²) in [5, 5.41) is 3.45. The monoisotopic (exact) mass is 502 g/mol. The smallest absolute Gasteiger partial charge is 0.194 e. The van der Waals surface area contributed by atoms with Crippen LogP contribution in [0.2, 0.25) is 0 Å². The molecule has 0 amide bonds. The molecule has 2 heterocycles. The van der Waals surface area contributed by atoms with Crippen molar-refractivity contribution in [1.82, 2.24) is 15.1 Å². The van der Waals surface area contributed by atoms with Crippen LogP contribution in [0, 0.1) is 6.92 Å². The summed E-state index contributed by atoms with van der Waals surface area (Å²) in [5.74, 6) is 1.91. The van der Waals surface area contributed by atoms with Crippen molar-refractivity contribution in [1.29, 1.82) is 0 Å². The molecular formula is C21H35IN4O2. The lowest BCUT2D eigenvalue weighted by Crippen LogP contribution is -2.46. The molecule has 0 aromatic heterocycles. The molecule has 0 spiro atoms. The summed E-state index contributed by atoms with van der Waals surface area (Å²) in [6.07, 6.45) is 1.24. The van der Waals surface area contributed by atoms with E-state index >= 15 is 0 Å². The molecule has 2 saturated heterocycles. The molecule has 0 saturated carbocycles. The number of aliphatic imine (C=N–C) groups is 1. The van der Waals surface area contributed by atoms with E-state index in [0.717, 1.165) is 57.6 Å². The SMILES string of the molecule is CCNC(=NCC(C)Oc1ccc(C)cc1)N1CCC(N2CCOCC2)C1.I. The van der Waals surface area contributed by atoms with Gasteiger partial charge in [-0.3, -0.25) is 4.90 Å². The van der Waals surface area contributed by atoms with Crippen molar-refractivity contribution >= 4 is 29.9 Å². The summed E-state index contributed by atoms with van der Waals surface area (Å²) in [5.41, 5.74) is 1.24. The van der Waals surface area contributed by atoms with Gasteiger partial charge in [0.05, 0.1) is 19.8 Å². The third-order valence-electron chi connectivity index (χ3n) is 5.22. The predicted molar refractivity (Wildman–Crippen MR) is 125 cm³/mol. The van der Waals surface area contributed by atoms with Gasteiger partial charge in [0.2, 0.25) is 0 Å². The number of morpholine rings is 1. The molecule has 0 bridgehead atoms. The van der Waals surface area contributed by atoms with E-state index in [9.17, 15) is 0 Å². The summed E-state index contributed by atoms with van der Waals surface area (Å²) in [6.45, 7) is 13.7. The molecule has 6 nitrogen and oxygen atoms in total. The second-order valence-electron chi connectivity index (χ2n) is 7.47. The van der Waals surface area contributed by atoms with Gasteiger partial charge < -0.3 is 19.7 Å². The summed E-state index contributed by atoms with van der Waals surface area (Å²) >= 11 is 0. The van der Waals surface area contributed by atoms with Crippen molar-refractivity contribution in [2.24, 2.45) is 4.99 Å². The zero-order chi connectivity index (χ0) is 19.1. The van der Waals surface area contributed by atoms with Gasteiger partial charge in [-0.25, -0.2) is 4.99 Å². The molecule has 3 rings (SSSR count). The number of hydrogen-bond donors (Lipinski definition) is 1. The summed E-state index contributed by atoms with van der Waals surface area (Å²) < 4.78 is 11.5. The average molecular weight is 502 g/mol. The van der Waals surface area contributed by atoms with E-state index in [1.54, 1.807) is 0 Å². The van der Waals surface area contributed by atoms with Gasteiger partial charge in [-0.1, -0.05) is 17.7 Å². The highest BCUT2D eigenvalue weighted by molar-refractivity contribution is 14.0. The highest BCUT2D eigenvalue weighted by Crippen LogP contribution is 2.17. The largest absolute Gasteiger partial charge is 0.489 e. The molecular weight excluding hydrogens is 467 g/mol. The zero-order valence-corrected chi connectivity index (χ0v) is 19.7. The number of nitrogens with zero attached hydrogens (tertiary/aromatic N) is 3. The van der Waals surface area contributed by atoms with Gasteiger partial charge in [0.1, 0.15) is 11.9 Å². The standard InChI is InChI=1S/C21H34N4O2.HI/c1-4-22-21(23-15-18(3)27-20-7-5-17(2)6-8-20)25-10-9-19(16-25)24-11-13-26-14-12-24;/h5-8,18-19H,4,9-16H2,1-3H3,(H,22,23);1H. The summed E-state index contributed by atoms with van der Waals surface area (Å²) in [4.78, 5) is 9.81. The molecule has 28 heavy (non-hydrogen) atoms. The minimum atomic E-state index is 0. The first-order chi connectivity index (χ1) is 13.2. The fourth-order valence-corrected chi connectivity index (χ4v) is 3.70. The summed E-state index contributed by atoms with van der Waals surface area (Å²) in [6, 6.07) is 8.80. The van der Waals surface area contributed by atoms with E-state index in [1.165, 1.54) is 12.0 Å². The lowest BCUT2D eigenvalue weighted by molar-refractivity contribution is 0.0195. The van der Waals surface area contributed by atoms with Gasteiger partial charge in [0.15, 0.2) is 5.96 Å². The minimum Gasteiger partial charge on any atom is -0.489 e. The molecule has 2 atom stereocenters. The van der Waals surface area contributed by atoms with Crippen molar-refractivity contribution in [3.8, 4) is 5.75 Å². The zero-order valence-electron chi connectivity index (χ0n) is 17.4. The molecule has 2 aliphatic rings. The fourth-order valence-electron chi connectivity index (χ4n) is 3.70. The Labute approximate surface area is 186 Å². The van der Waals surface area contributed by atoms with Gasteiger partial charge in [0.25, 0.3) is 0 Å². The van der Waals surface area contributed by atoms with Crippen LogP contribution >= 0.6 is 24.0 Å². The van der Waals surface area contributed by atoms with Crippen LogP contribution in [-0.4, -0.2) is 80.4 Å². The number of halogens is 1. The fraction of sp³-hybridized carbons (Fsp3) is 0.667. The quantitative estimate of drug-likeness (QED) is 0.369. The van der Waals surface area contributed by atoms with Crippen LogP contribution in [0.5, 0.6) is 5.75 Å². The molecule has 0 radical (unpaired) electrons. The van der Waals surface area contributed by atoms with Crippen LogP contribution in [0.15, 0.2) is 29.3 Å². The van der Waals surface area contributed by atoms with Gasteiger partial charge >= 0.3 is 0 Å². The van der Waals surface area contributed by atoms with Crippen LogP contribution in [-0.2, 0) is 4.74 Å². The molecule has 0 aliphatic carbocycles. The first-order valence-electron chi connectivity index (χ1n) is 10.2. The number of guanidine groups is 1. The van der Waals surface area contributed by atoms with E-state index in [2.05, 4.69) is 48.0 Å². The molecule has 2 aliphatic heterocycles. The molecule has 158 valence electrons. The maximum Gasteiger partial charge on any atom is 0.194 e. The molecule has 7 heteroatoms. The van der Waals surface area contributed by atoms with Crippen molar-refractivity contribution in [3.63, 3.8) is 0 Å². The van der Waals surface area contributed by atoms with Gasteiger partial charge in [0, 0.05) is 38.8 Å². The Bertz CT molecular complexity index is 605. The number of nitrogens with one attached hydrogen (secondary N) is 1. The molecule has 1 N–H and O–H groups in total. The Morgan fingerprint density at radius 2 is 1.96 bits per heavy atom. The Balaban J connectivity index is 0.00000280. The highest BCUT2D eigenvalue weighted by atomic mass is 127. The third-order valence-corrected chi connectivity index (χ3v) is 5.22. The number of aryl methyl sites for hydroxylation is 1. The Morgan fingerprint density at radius 3 is 2.64 bits per heavy atom. The Kier molecular flexibility index (Phi) is 9.81. The Morgan fingerprint density at radius 1 is 1.25 bits per heavy atom. The van der Waals surface area contributed by atoms with Gasteiger partial charge in [-0.05, 0) is 39.3 Å². The first-order valence-corrected chi connectivity index (χ1v) is 10.2. The lowest BCUT2D eigenvalue weighted by Gasteiger charge is -2.32. The number of rotatable bonds is 6. The number of likely N-dealkylation sites (tertiary alicyclic amines) is 1. The van der Waals surface area contributed by atoms with E-state index in [4.69, 9.17) is 14.5 Å². The Hall–Kier alpha value is -1.06. The average Bonchev–Trinajstić information content (AvgIpc) is 3.18. The van der Waals surface area contributed by atoms with E-state index < -0.39 is 0 Å². The predicted octanol–water partition coefficient (Wildman–Crippen LogP) is 2.75. The highest BCUT2D eigenvalue weighted by Gasteiger charge is 2.30. The number of hydrogen-bond acceptors (Lipinski definition) is 4. The summed E-state index contributed by atoms with van der Waals surface area (Å²) in [7, 11) is 0. The van der Waals surface area contributed by atoms with Gasteiger partial charge in [-0.2, -0.15) is 0 Å².